The van der Waals surface area contributed by atoms with Crippen molar-refractivity contribution in [2.24, 2.45) is 0 Å². The minimum atomic E-state index is -4.56. The molecule has 7 heteroatoms. The predicted molar refractivity (Wildman–Crippen MR) is 104 cm³/mol. The molecule has 2 aliphatic rings. The maximum Gasteiger partial charge on any atom is 0.416 e. The number of benzene rings is 2. The Kier molecular flexibility index (Phi) is 5.13. The number of amides is 1. The molecule has 0 saturated carbocycles. The van der Waals surface area contributed by atoms with Gasteiger partial charge in [-0.2, -0.15) is 13.2 Å². The van der Waals surface area contributed by atoms with Crippen LogP contribution in [-0.2, 0) is 15.8 Å². The van der Waals surface area contributed by atoms with E-state index in [9.17, 15) is 22.8 Å². The van der Waals surface area contributed by atoms with Gasteiger partial charge in [0.2, 0.25) is 5.91 Å². The van der Waals surface area contributed by atoms with Crippen LogP contribution >= 0.6 is 0 Å². The van der Waals surface area contributed by atoms with Crippen molar-refractivity contribution in [1.29, 1.82) is 0 Å². The number of methoxy groups -OCH3 is 1. The second-order valence-electron chi connectivity index (χ2n) is 7.58. The van der Waals surface area contributed by atoms with Crippen molar-refractivity contribution in [1.82, 2.24) is 5.32 Å². The molecule has 156 valence electrons. The fourth-order valence-corrected chi connectivity index (χ4v) is 4.40. The van der Waals surface area contributed by atoms with Gasteiger partial charge in [0.1, 0.15) is 5.75 Å². The third-order valence-electron chi connectivity index (χ3n) is 5.76. The summed E-state index contributed by atoms with van der Waals surface area (Å²) in [6.07, 6.45) is -4.16. The maximum atomic E-state index is 13.6. The number of hydrogen-bond donors (Lipinski definition) is 1. The predicted octanol–water partition coefficient (Wildman–Crippen LogP) is 4.72. The van der Waals surface area contributed by atoms with E-state index in [1.54, 1.807) is 19.2 Å². The molecule has 4 rings (SSSR count). The van der Waals surface area contributed by atoms with Crippen molar-refractivity contribution >= 4 is 11.7 Å². The van der Waals surface area contributed by atoms with E-state index in [0.29, 0.717) is 23.4 Å². The first-order valence-electron chi connectivity index (χ1n) is 9.64. The van der Waals surface area contributed by atoms with Gasteiger partial charge >= 0.3 is 6.18 Å². The lowest BCUT2D eigenvalue weighted by molar-refractivity contribution is -0.138. The fraction of sp³-hybridized carbons (Fsp3) is 0.304. The van der Waals surface area contributed by atoms with E-state index in [0.717, 1.165) is 11.6 Å². The molecule has 0 radical (unpaired) electrons. The minimum Gasteiger partial charge on any atom is -0.497 e. The van der Waals surface area contributed by atoms with Crippen LogP contribution in [0, 0.1) is 0 Å². The average molecular weight is 415 g/mol. The summed E-state index contributed by atoms with van der Waals surface area (Å²) in [6, 6.07) is 12.5. The molecule has 1 aliphatic heterocycles. The summed E-state index contributed by atoms with van der Waals surface area (Å²) >= 11 is 0. The van der Waals surface area contributed by atoms with E-state index in [4.69, 9.17) is 4.74 Å². The highest BCUT2D eigenvalue weighted by Gasteiger charge is 2.42. The summed E-state index contributed by atoms with van der Waals surface area (Å²) in [5.41, 5.74) is 0.828. The van der Waals surface area contributed by atoms with E-state index >= 15 is 0 Å². The highest BCUT2D eigenvalue weighted by molar-refractivity contribution is 6.02. The Hall–Kier alpha value is -3.09. The zero-order valence-corrected chi connectivity index (χ0v) is 16.3. The molecular formula is C23H20F3NO3. The molecule has 0 unspecified atom stereocenters. The summed E-state index contributed by atoms with van der Waals surface area (Å²) in [5, 5.41) is 2.74. The smallest absolute Gasteiger partial charge is 0.416 e. The number of ketones is 1. The van der Waals surface area contributed by atoms with Gasteiger partial charge in [0.15, 0.2) is 5.78 Å². The van der Waals surface area contributed by atoms with Gasteiger partial charge in [-0.05, 0) is 41.7 Å². The molecule has 2 atom stereocenters. The second-order valence-corrected chi connectivity index (χ2v) is 7.58. The van der Waals surface area contributed by atoms with Crippen LogP contribution in [0.3, 0.4) is 0 Å². The van der Waals surface area contributed by atoms with Crippen LogP contribution in [0.4, 0.5) is 13.2 Å². The summed E-state index contributed by atoms with van der Waals surface area (Å²) < 4.78 is 45.8. The summed E-state index contributed by atoms with van der Waals surface area (Å²) in [5.74, 6) is -0.955. The molecule has 4 nitrogen and oxygen atoms in total. The monoisotopic (exact) mass is 415 g/mol. The quantitative estimate of drug-likeness (QED) is 0.789. The number of ether oxygens (including phenoxy) is 1. The molecule has 1 N–H and O–H groups in total. The van der Waals surface area contributed by atoms with Crippen LogP contribution in [0.1, 0.15) is 47.8 Å². The van der Waals surface area contributed by atoms with Gasteiger partial charge in [0, 0.05) is 30.0 Å². The van der Waals surface area contributed by atoms with Crippen molar-refractivity contribution in [3.8, 4) is 5.75 Å². The topological polar surface area (TPSA) is 55.4 Å². The molecule has 2 aromatic rings. The maximum absolute atomic E-state index is 13.6. The van der Waals surface area contributed by atoms with Gasteiger partial charge in [0.25, 0.3) is 0 Å². The van der Waals surface area contributed by atoms with Crippen LogP contribution in [0.25, 0.3) is 0 Å². The average Bonchev–Trinajstić information content (AvgIpc) is 2.72. The fourth-order valence-electron chi connectivity index (χ4n) is 4.40. The number of Topliss-reactive ketones (excluding diaryl/α,β-unsaturated/α-hetero) is 1. The van der Waals surface area contributed by atoms with E-state index in [1.807, 2.05) is 12.1 Å². The molecule has 0 fully saturated rings. The standard InChI is InChI=1S/C23H20F3NO3/c1-30-15-8-6-13(7-9-15)14-10-19-22(20(28)11-14)17(12-21(29)27-19)16-4-2-3-5-18(16)23(24,25)26/h2-9,14,17H,10-12H2,1H3,(H,27,29)/t14-,17+/m0/s1. The lowest BCUT2D eigenvalue weighted by Crippen LogP contribution is -2.38. The number of hydrogen-bond acceptors (Lipinski definition) is 3. The van der Waals surface area contributed by atoms with Crippen molar-refractivity contribution in [3.05, 3.63) is 76.5 Å². The molecule has 1 amide bonds. The summed E-state index contributed by atoms with van der Waals surface area (Å²) in [4.78, 5) is 25.4. The number of nitrogens with one attached hydrogen (secondary N) is 1. The number of alkyl halides is 3. The van der Waals surface area contributed by atoms with Crippen molar-refractivity contribution in [2.45, 2.75) is 37.3 Å². The lowest BCUT2D eigenvalue weighted by atomic mass is 9.72. The molecule has 0 bridgehead atoms. The Labute approximate surface area is 171 Å². The largest absolute Gasteiger partial charge is 0.497 e. The molecule has 2 aromatic carbocycles. The Morgan fingerprint density at radius 2 is 1.67 bits per heavy atom. The molecule has 30 heavy (non-hydrogen) atoms. The lowest BCUT2D eigenvalue weighted by Gasteiger charge is -2.35. The van der Waals surface area contributed by atoms with Crippen molar-refractivity contribution in [2.75, 3.05) is 7.11 Å². The highest BCUT2D eigenvalue weighted by atomic mass is 19.4. The van der Waals surface area contributed by atoms with Gasteiger partial charge in [-0.1, -0.05) is 30.3 Å². The van der Waals surface area contributed by atoms with Gasteiger partial charge in [0.05, 0.1) is 12.7 Å². The highest BCUT2D eigenvalue weighted by Crippen LogP contribution is 2.45. The molecule has 0 spiro atoms. The Morgan fingerprint density at radius 3 is 2.33 bits per heavy atom. The van der Waals surface area contributed by atoms with Gasteiger partial charge in [-0.15, -0.1) is 0 Å². The first kappa shape index (κ1) is 20.2. The van der Waals surface area contributed by atoms with Crippen LogP contribution in [0.2, 0.25) is 0 Å². The molecule has 1 aliphatic carbocycles. The van der Waals surface area contributed by atoms with Crippen LogP contribution < -0.4 is 10.1 Å². The van der Waals surface area contributed by atoms with E-state index in [1.165, 1.54) is 18.2 Å². The Balaban J connectivity index is 1.73. The van der Waals surface area contributed by atoms with Crippen molar-refractivity contribution in [3.63, 3.8) is 0 Å². The zero-order chi connectivity index (χ0) is 21.5. The summed E-state index contributed by atoms with van der Waals surface area (Å²) in [6.45, 7) is 0. The SMILES string of the molecule is COc1ccc([C@@H]2CC(=O)C3=C(C2)NC(=O)C[C@@H]3c2ccccc2C(F)(F)F)cc1. The second kappa shape index (κ2) is 7.63. The first-order chi connectivity index (χ1) is 14.3. The third-order valence-corrected chi connectivity index (χ3v) is 5.76. The normalized spacial score (nSPS) is 21.9. The Morgan fingerprint density at radius 1 is 0.967 bits per heavy atom. The van der Waals surface area contributed by atoms with E-state index in [2.05, 4.69) is 5.32 Å². The van der Waals surface area contributed by atoms with Crippen LogP contribution in [-0.4, -0.2) is 18.8 Å². The number of rotatable bonds is 3. The number of carbonyl (C=O) groups is 2. The minimum absolute atomic E-state index is 0.0244. The number of halogens is 3. The Bertz CT molecular complexity index is 1020. The molecular weight excluding hydrogens is 395 g/mol. The van der Waals surface area contributed by atoms with Gasteiger partial charge in [-0.25, -0.2) is 0 Å². The third kappa shape index (κ3) is 3.72. The van der Waals surface area contributed by atoms with E-state index in [-0.39, 0.29) is 36.0 Å². The summed E-state index contributed by atoms with van der Waals surface area (Å²) in [7, 11) is 1.56. The van der Waals surface area contributed by atoms with Crippen LogP contribution in [0.15, 0.2) is 59.8 Å². The van der Waals surface area contributed by atoms with Gasteiger partial charge < -0.3 is 10.1 Å². The van der Waals surface area contributed by atoms with Gasteiger partial charge in [-0.3, -0.25) is 9.59 Å². The number of allylic oxidation sites excluding steroid dienone is 2. The number of carbonyl (C=O) groups excluding carboxylic acids is 2. The molecule has 0 aromatic heterocycles. The zero-order valence-electron chi connectivity index (χ0n) is 16.3. The molecule has 1 heterocycles. The first-order valence-corrected chi connectivity index (χ1v) is 9.64. The molecule has 0 saturated heterocycles. The van der Waals surface area contributed by atoms with Crippen LogP contribution in [0.5, 0.6) is 5.75 Å². The van der Waals surface area contributed by atoms with E-state index < -0.39 is 17.7 Å². The van der Waals surface area contributed by atoms with Crippen molar-refractivity contribution < 1.29 is 27.5 Å².